The molecule has 0 saturated heterocycles. The fourth-order valence-electron chi connectivity index (χ4n) is 2.43. The highest BCUT2D eigenvalue weighted by atomic mass is 35.5. The molecule has 3 rings (SSSR count). The van der Waals surface area contributed by atoms with Crippen LogP contribution in [0.4, 0.5) is 11.6 Å². The molecule has 1 heterocycles. The van der Waals surface area contributed by atoms with Crippen LogP contribution in [0.15, 0.2) is 60.9 Å². The summed E-state index contributed by atoms with van der Waals surface area (Å²) in [5, 5.41) is 15.6. The maximum Gasteiger partial charge on any atom is 0.254 e. The van der Waals surface area contributed by atoms with Crippen LogP contribution < -0.4 is 10.6 Å². The molecule has 3 aromatic rings. The van der Waals surface area contributed by atoms with E-state index < -0.39 is 0 Å². The van der Waals surface area contributed by atoms with Crippen molar-refractivity contribution in [1.82, 2.24) is 15.3 Å². The number of halogens is 1. The summed E-state index contributed by atoms with van der Waals surface area (Å²) in [6, 6.07) is 16.7. The summed E-state index contributed by atoms with van der Waals surface area (Å²) in [4.78, 5) is 20.5. The molecular weight excluding hydrogens is 362 g/mol. The third-order valence-electron chi connectivity index (χ3n) is 3.80. The van der Waals surface area contributed by atoms with Gasteiger partial charge < -0.3 is 10.6 Å². The average Bonchev–Trinajstić information content (AvgIpc) is 2.69. The van der Waals surface area contributed by atoms with Gasteiger partial charge in [-0.05, 0) is 36.2 Å². The molecule has 0 saturated carbocycles. The Hall–Kier alpha value is -3.43. The van der Waals surface area contributed by atoms with Gasteiger partial charge in [-0.3, -0.25) is 4.79 Å². The number of hydrogen-bond donors (Lipinski definition) is 2. The fourth-order valence-corrected chi connectivity index (χ4v) is 2.65. The van der Waals surface area contributed by atoms with E-state index in [1.165, 1.54) is 12.4 Å². The molecular formula is C20H16ClN5O. The van der Waals surface area contributed by atoms with E-state index in [9.17, 15) is 4.79 Å². The van der Waals surface area contributed by atoms with Crippen molar-refractivity contribution in [3.05, 3.63) is 82.6 Å². The van der Waals surface area contributed by atoms with Gasteiger partial charge in [-0.1, -0.05) is 35.9 Å². The fraction of sp³-hybridized carbons (Fsp3) is 0.100. The van der Waals surface area contributed by atoms with Crippen molar-refractivity contribution in [3.63, 3.8) is 0 Å². The maximum absolute atomic E-state index is 12.2. The van der Waals surface area contributed by atoms with E-state index in [2.05, 4.69) is 26.7 Å². The molecule has 6 nitrogen and oxygen atoms in total. The van der Waals surface area contributed by atoms with E-state index in [4.69, 9.17) is 16.9 Å². The van der Waals surface area contributed by atoms with Crippen molar-refractivity contribution in [3.8, 4) is 6.07 Å². The van der Waals surface area contributed by atoms with Gasteiger partial charge in [-0.25, -0.2) is 9.97 Å². The minimum Gasteiger partial charge on any atom is -0.352 e. The van der Waals surface area contributed by atoms with Gasteiger partial charge in [-0.2, -0.15) is 5.26 Å². The summed E-state index contributed by atoms with van der Waals surface area (Å²) in [5.41, 5.74) is 2.51. The van der Waals surface area contributed by atoms with Crippen molar-refractivity contribution >= 4 is 29.1 Å². The highest BCUT2D eigenvalue weighted by Gasteiger charge is 2.08. The molecule has 7 heteroatoms. The number of nitrogens with one attached hydrogen (secondary N) is 2. The Labute approximate surface area is 161 Å². The Morgan fingerprint density at radius 3 is 2.63 bits per heavy atom. The van der Waals surface area contributed by atoms with Gasteiger partial charge in [0.15, 0.2) is 0 Å². The number of carbonyl (C=O) groups excluding carboxylic acids is 1. The third kappa shape index (κ3) is 5.03. The largest absolute Gasteiger partial charge is 0.352 e. The standard InChI is InChI=1S/C20H16ClN5O/c21-17-6-3-4-14(10-17)8-9-23-19(27)16-12-24-20(25-13-16)26-18-7-2-1-5-15(18)11-22/h1-7,10,12-13H,8-9H2,(H,23,27)(H,24,25,26). The van der Waals surface area contributed by atoms with Crippen molar-refractivity contribution in [2.45, 2.75) is 6.42 Å². The smallest absolute Gasteiger partial charge is 0.254 e. The van der Waals surface area contributed by atoms with E-state index in [0.717, 1.165) is 5.56 Å². The number of aromatic nitrogens is 2. The number of rotatable bonds is 6. The van der Waals surface area contributed by atoms with Gasteiger partial charge in [0.05, 0.1) is 16.8 Å². The molecule has 0 radical (unpaired) electrons. The Morgan fingerprint density at radius 2 is 1.89 bits per heavy atom. The SMILES string of the molecule is N#Cc1ccccc1Nc1ncc(C(=O)NCCc2cccc(Cl)c2)cn1. The predicted octanol–water partition coefficient (Wildman–Crippen LogP) is 3.72. The Morgan fingerprint density at radius 1 is 1.11 bits per heavy atom. The molecule has 1 amide bonds. The highest BCUT2D eigenvalue weighted by molar-refractivity contribution is 6.30. The number of nitriles is 1. The number of benzene rings is 2. The molecule has 0 aliphatic heterocycles. The molecule has 0 unspecified atom stereocenters. The lowest BCUT2D eigenvalue weighted by Crippen LogP contribution is -2.26. The van der Waals surface area contributed by atoms with Crippen LogP contribution in [0.5, 0.6) is 0 Å². The zero-order chi connectivity index (χ0) is 19.1. The van der Waals surface area contributed by atoms with Crippen LogP contribution in [0.2, 0.25) is 5.02 Å². The molecule has 0 spiro atoms. The number of anilines is 2. The third-order valence-corrected chi connectivity index (χ3v) is 4.03. The maximum atomic E-state index is 12.2. The second kappa shape index (κ2) is 8.79. The van der Waals surface area contributed by atoms with Crippen LogP contribution in [0.3, 0.4) is 0 Å². The second-order valence-corrected chi connectivity index (χ2v) is 6.15. The monoisotopic (exact) mass is 377 g/mol. The number of nitrogens with zero attached hydrogens (tertiary/aromatic N) is 3. The molecule has 0 fully saturated rings. The lowest BCUT2D eigenvalue weighted by atomic mass is 10.1. The van der Waals surface area contributed by atoms with E-state index in [1.807, 2.05) is 30.3 Å². The topological polar surface area (TPSA) is 90.7 Å². The first-order valence-electron chi connectivity index (χ1n) is 8.26. The Kier molecular flexibility index (Phi) is 5.98. The van der Waals surface area contributed by atoms with Crippen LogP contribution in [-0.2, 0) is 6.42 Å². The molecule has 0 atom stereocenters. The molecule has 0 aliphatic rings. The minimum atomic E-state index is -0.249. The average molecular weight is 378 g/mol. The van der Waals surface area contributed by atoms with Gasteiger partial charge in [0.25, 0.3) is 5.91 Å². The molecule has 2 aromatic carbocycles. The minimum absolute atomic E-state index is 0.249. The van der Waals surface area contributed by atoms with E-state index in [0.29, 0.717) is 40.8 Å². The molecule has 27 heavy (non-hydrogen) atoms. The molecule has 1 aromatic heterocycles. The number of carbonyl (C=O) groups is 1. The first kappa shape index (κ1) is 18.4. The first-order valence-corrected chi connectivity index (χ1v) is 8.64. The van der Waals surface area contributed by atoms with Gasteiger partial charge in [0, 0.05) is 24.0 Å². The van der Waals surface area contributed by atoms with Crippen LogP contribution in [-0.4, -0.2) is 22.4 Å². The van der Waals surface area contributed by atoms with Crippen LogP contribution >= 0.6 is 11.6 Å². The quantitative estimate of drug-likeness (QED) is 0.683. The van der Waals surface area contributed by atoms with Crippen molar-refractivity contribution in [2.75, 3.05) is 11.9 Å². The van der Waals surface area contributed by atoms with Gasteiger partial charge in [0.1, 0.15) is 6.07 Å². The van der Waals surface area contributed by atoms with Gasteiger partial charge in [0.2, 0.25) is 5.95 Å². The predicted molar refractivity (Wildman–Crippen MR) is 104 cm³/mol. The van der Waals surface area contributed by atoms with Crippen molar-refractivity contribution < 1.29 is 4.79 Å². The zero-order valence-electron chi connectivity index (χ0n) is 14.3. The summed E-state index contributed by atoms with van der Waals surface area (Å²) < 4.78 is 0. The number of para-hydroxylation sites is 1. The Balaban J connectivity index is 1.56. The van der Waals surface area contributed by atoms with Crippen LogP contribution in [0, 0.1) is 11.3 Å². The summed E-state index contributed by atoms with van der Waals surface area (Å²) in [6.07, 6.45) is 3.57. The summed E-state index contributed by atoms with van der Waals surface area (Å²) in [5.74, 6) is 0.0641. The van der Waals surface area contributed by atoms with E-state index in [-0.39, 0.29) is 5.91 Å². The molecule has 2 N–H and O–H groups in total. The second-order valence-electron chi connectivity index (χ2n) is 5.71. The zero-order valence-corrected chi connectivity index (χ0v) is 15.1. The van der Waals surface area contributed by atoms with Crippen molar-refractivity contribution in [1.29, 1.82) is 5.26 Å². The lowest BCUT2D eigenvalue weighted by Gasteiger charge is -2.08. The normalized spacial score (nSPS) is 10.1. The van der Waals surface area contributed by atoms with Crippen molar-refractivity contribution in [2.24, 2.45) is 0 Å². The molecule has 0 aliphatic carbocycles. The summed E-state index contributed by atoms with van der Waals surface area (Å²) in [6.45, 7) is 0.481. The van der Waals surface area contributed by atoms with Crippen LogP contribution in [0.25, 0.3) is 0 Å². The first-order chi connectivity index (χ1) is 13.2. The van der Waals surface area contributed by atoms with Gasteiger partial charge in [-0.15, -0.1) is 0 Å². The van der Waals surface area contributed by atoms with Gasteiger partial charge >= 0.3 is 0 Å². The van der Waals surface area contributed by atoms with E-state index in [1.54, 1.807) is 18.2 Å². The summed E-state index contributed by atoms with van der Waals surface area (Å²) in [7, 11) is 0. The van der Waals surface area contributed by atoms with E-state index >= 15 is 0 Å². The number of amides is 1. The highest BCUT2D eigenvalue weighted by Crippen LogP contribution is 2.17. The Bertz CT molecular complexity index is 982. The molecule has 134 valence electrons. The summed E-state index contributed by atoms with van der Waals surface area (Å²) >= 11 is 5.95. The lowest BCUT2D eigenvalue weighted by molar-refractivity contribution is 0.0953. The van der Waals surface area contributed by atoms with Crippen LogP contribution in [0.1, 0.15) is 21.5 Å². The number of hydrogen-bond acceptors (Lipinski definition) is 5. The molecule has 0 bridgehead atoms.